The standard InChI is InChI=1S/C17H16BrCl2NO4/c1-24-15-6-10(14(21)7-16(22)23)5-11(18)17(15)25-8-9-2-3-12(19)13(20)4-9/h2-6,14H,7-8,21H2,1H3,(H,22,23). The Morgan fingerprint density at radius 3 is 2.60 bits per heavy atom. The number of hydrogen-bond acceptors (Lipinski definition) is 4. The Labute approximate surface area is 163 Å². The second kappa shape index (κ2) is 8.76. The maximum absolute atomic E-state index is 10.8. The van der Waals surface area contributed by atoms with Crippen molar-refractivity contribution in [2.24, 2.45) is 5.73 Å². The zero-order valence-electron chi connectivity index (χ0n) is 13.3. The highest BCUT2D eigenvalue weighted by atomic mass is 79.9. The molecule has 0 amide bonds. The first kappa shape index (κ1) is 19.8. The minimum absolute atomic E-state index is 0.181. The number of methoxy groups -OCH3 is 1. The van der Waals surface area contributed by atoms with Gasteiger partial charge in [0, 0.05) is 6.04 Å². The summed E-state index contributed by atoms with van der Waals surface area (Å²) < 4.78 is 11.8. The summed E-state index contributed by atoms with van der Waals surface area (Å²) in [6, 6.07) is 7.98. The summed E-state index contributed by atoms with van der Waals surface area (Å²) >= 11 is 15.3. The van der Waals surface area contributed by atoms with Crippen LogP contribution in [0.3, 0.4) is 0 Å². The van der Waals surface area contributed by atoms with Crippen LogP contribution in [0.5, 0.6) is 11.5 Å². The normalized spacial score (nSPS) is 11.9. The molecular weight excluding hydrogens is 433 g/mol. The molecule has 1 atom stereocenters. The summed E-state index contributed by atoms with van der Waals surface area (Å²) in [7, 11) is 1.50. The molecule has 25 heavy (non-hydrogen) atoms. The molecule has 0 radical (unpaired) electrons. The molecule has 1 unspecified atom stereocenters. The fourth-order valence-electron chi connectivity index (χ4n) is 2.18. The van der Waals surface area contributed by atoms with Crippen LogP contribution in [-0.4, -0.2) is 18.2 Å². The molecule has 3 N–H and O–H groups in total. The van der Waals surface area contributed by atoms with Gasteiger partial charge in [-0.3, -0.25) is 4.79 Å². The molecule has 134 valence electrons. The van der Waals surface area contributed by atoms with Crippen LogP contribution in [0.25, 0.3) is 0 Å². The van der Waals surface area contributed by atoms with Crippen LogP contribution >= 0.6 is 39.1 Å². The zero-order valence-corrected chi connectivity index (χ0v) is 16.4. The molecule has 0 bridgehead atoms. The van der Waals surface area contributed by atoms with Crippen LogP contribution in [0.2, 0.25) is 10.0 Å². The Kier molecular flexibility index (Phi) is 6.95. The van der Waals surface area contributed by atoms with E-state index < -0.39 is 12.0 Å². The van der Waals surface area contributed by atoms with Crippen molar-refractivity contribution >= 4 is 45.1 Å². The van der Waals surface area contributed by atoms with E-state index in [0.717, 1.165) is 5.56 Å². The average Bonchev–Trinajstić information content (AvgIpc) is 2.55. The number of ether oxygens (including phenoxy) is 2. The predicted molar refractivity (Wildman–Crippen MR) is 101 cm³/mol. The first-order chi connectivity index (χ1) is 11.8. The van der Waals surface area contributed by atoms with Gasteiger partial charge in [0.2, 0.25) is 0 Å². The van der Waals surface area contributed by atoms with Gasteiger partial charge in [-0.2, -0.15) is 0 Å². The van der Waals surface area contributed by atoms with Crippen LogP contribution < -0.4 is 15.2 Å². The van der Waals surface area contributed by atoms with Crippen LogP contribution in [0.15, 0.2) is 34.8 Å². The largest absolute Gasteiger partial charge is 0.493 e. The maximum atomic E-state index is 10.8. The van der Waals surface area contributed by atoms with E-state index in [9.17, 15) is 4.79 Å². The Morgan fingerprint density at radius 2 is 2.00 bits per heavy atom. The van der Waals surface area contributed by atoms with Gasteiger partial charge in [0.05, 0.1) is 28.0 Å². The van der Waals surface area contributed by atoms with Gasteiger partial charge in [0.1, 0.15) is 6.61 Å². The molecule has 2 rings (SSSR count). The number of carboxylic acid groups (broad SMARTS) is 1. The van der Waals surface area contributed by atoms with E-state index in [2.05, 4.69) is 15.9 Å². The van der Waals surface area contributed by atoms with Crippen molar-refractivity contribution in [2.75, 3.05) is 7.11 Å². The van der Waals surface area contributed by atoms with Crippen molar-refractivity contribution in [1.29, 1.82) is 0 Å². The summed E-state index contributed by atoms with van der Waals surface area (Å²) in [5.74, 6) is -0.0346. The highest BCUT2D eigenvalue weighted by Crippen LogP contribution is 2.39. The lowest BCUT2D eigenvalue weighted by molar-refractivity contribution is -0.137. The number of halogens is 3. The van der Waals surface area contributed by atoms with Crippen LogP contribution in [0.1, 0.15) is 23.6 Å². The van der Waals surface area contributed by atoms with E-state index in [1.807, 2.05) is 6.07 Å². The molecule has 0 aliphatic heterocycles. The Bertz CT molecular complexity index is 785. The van der Waals surface area contributed by atoms with Gasteiger partial charge in [-0.15, -0.1) is 0 Å². The van der Waals surface area contributed by atoms with Gasteiger partial charge < -0.3 is 20.3 Å². The monoisotopic (exact) mass is 447 g/mol. The summed E-state index contributed by atoms with van der Waals surface area (Å²) in [4.78, 5) is 10.8. The molecule has 2 aromatic rings. The first-order valence-electron chi connectivity index (χ1n) is 7.23. The quantitative estimate of drug-likeness (QED) is 0.634. The van der Waals surface area contributed by atoms with Gasteiger partial charge in [0.25, 0.3) is 0 Å². The van der Waals surface area contributed by atoms with E-state index in [1.54, 1.807) is 24.3 Å². The van der Waals surface area contributed by atoms with Crippen molar-refractivity contribution in [3.63, 3.8) is 0 Å². The second-order valence-corrected chi connectivity index (χ2v) is 6.94. The molecule has 0 spiro atoms. The van der Waals surface area contributed by atoms with Crippen molar-refractivity contribution in [1.82, 2.24) is 0 Å². The zero-order chi connectivity index (χ0) is 18.6. The fourth-order valence-corrected chi connectivity index (χ4v) is 3.08. The topological polar surface area (TPSA) is 81.8 Å². The van der Waals surface area contributed by atoms with E-state index in [-0.39, 0.29) is 13.0 Å². The van der Waals surface area contributed by atoms with Crippen molar-refractivity contribution in [2.45, 2.75) is 19.1 Å². The fraction of sp³-hybridized carbons (Fsp3) is 0.235. The molecular formula is C17H16BrCl2NO4. The number of carboxylic acids is 1. The highest BCUT2D eigenvalue weighted by Gasteiger charge is 2.17. The van der Waals surface area contributed by atoms with Crippen molar-refractivity contribution < 1.29 is 19.4 Å². The Morgan fingerprint density at radius 1 is 1.28 bits per heavy atom. The van der Waals surface area contributed by atoms with Crippen molar-refractivity contribution in [3.05, 3.63) is 56.0 Å². The van der Waals surface area contributed by atoms with Crippen LogP contribution in [-0.2, 0) is 11.4 Å². The van der Waals surface area contributed by atoms with Crippen LogP contribution in [0, 0.1) is 0 Å². The third-order valence-electron chi connectivity index (χ3n) is 3.44. The van der Waals surface area contributed by atoms with Gasteiger partial charge in [0.15, 0.2) is 11.5 Å². The number of rotatable bonds is 7. The summed E-state index contributed by atoms with van der Waals surface area (Å²) in [5.41, 5.74) is 7.38. The van der Waals surface area contributed by atoms with Gasteiger partial charge >= 0.3 is 5.97 Å². The molecule has 0 aromatic heterocycles. The Hall–Kier alpha value is -1.47. The highest BCUT2D eigenvalue weighted by molar-refractivity contribution is 9.10. The van der Waals surface area contributed by atoms with Gasteiger partial charge in [-0.05, 0) is 51.3 Å². The molecule has 0 heterocycles. The molecule has 0 fully saturated rings. The smallest absolute Gasteiger partial charge is 0.305 e. The molecule has 2 aromatic carbocycles. The van der Waals surface area contributed by atoms with E-state index >= 15 is 0 Å². The Balaban J connectivity index is 2.22. The minimum Gasteiger partial charge on any atom is -0.493 e. The van der Waals surface area contributed by atoms with Crippen LogP contribution in [0.4, 0.5) is 0 Å². The summed E-state index contributed by atoms with van der Waals surface area (Å²) in [6.07, 6.45) is -0.181. The van der Waals surface area contributed by atoms with Gasteiger partial charge in [-0.1, -0.05) is 29.3 Å². The molecule has 0 aliphatic rings. The lowest BCUT2D eigenvalue weighted by Gasteiger charge is -2.17. The second-order valence-electron chi connectivity index (χ2n) is 5.28. The number of benzene rings is 2. The SMILES string of the molecule is COc1cc(C(N)CC(=O)O)cc(Br)c1OCc1ccc(Cl)c(Cl)c1. The third-order valence-corrected chi connectivity index (χ3v) is 4.77. The molecule has 5 nitrogen and oxygen atoms in total. The lowest BCUT2D eigenvalue weighted by atomic mass is 10.0. The molecule has 0 saturated carbocycles. The number of hydrogen-bond donors (Lipinski definition) is 2. The molecule has 8 heteroatoms. The number of nitrogens with two attached hydrogens (primary N) is 1. The number of carbonyl (C=O) groups is 1. The third kappa shape index (κ3) is 5.25. The predicted octanol–water partition coefficient (Wildman–Crippen LogP) is 4.82. The lowest BCUT2D eigenvalue weighted by Crippen LogP contribution is -2.15. The van der Waals surface area contributed by atoms with E-state index in [4.69, 9.17) is 43.5 Å². The summed E-state index contributed by atoms with van der Waals surface area (Å²) in [5, 5.41) is 9.80. The minimum atomic E-state index is -0.970. The van der Waals surface area contributed by atoms with Gasteiger partial charge in [-0.25, -0.2) is 0 Å². The first-order valence-corrected chi connectivity index (χ1v) is 8.78. The number of aliphatic carboxylic acids is 1. The van der Waals surface area contributed by atoms with E-state index in [1.165, 1.54) is 7.11 Å². The molecule has 0 aliphatic carbocycles. The summed E-state index contributed by atoms with van der Waals surface area (Å²) in [6.45, 7) is 0.256. The maximum Gasteiger partial charge on any atom is 0.305 e. The van der Waals surface area contributed by atoms with Crippen molar-refractivity contribution in [3.8, 4) is 11.5 Å². The molecule has 0 saturated heterocycles. The average molecular weight is 449 g/mol. The van der Waals surface area contributed by atoms with E-state index in [0.29, 0.717) is 31.6 Å².